The number of para-hydroxylation sites is 1. The third kappa shape index (κ3) is 4.89. The molecule has 2 aromatic carbocycles. The van der Waals surface area contributed by atoms with Gasteiger partial charge in [0.1, 0.15) is 11.5 Å². The maximum Gasteiger partial charge on any atom is 0.248 e. The first kappa shape index (κ1) is 23.0. The topological polar surface area (TPSA) is 84.3 Å². The smallest absolute Gasteiger partial charge is 0.248 e. The maximum absolute atomic E-state index is 14.4. The highest BCUT2D eigenvalue weighted by molar-refractivity contribution is 7.93. The molecule has 178 valence electrons. The SMILES string of the molecule is O=C(/C=C/c1cn(-c2ccccc2)nc1-c1cccs1)Nc1ccc(F)c(N2CCCS2(=O)=O)c1. The lowest BCUT2D eigenvalue weighted by molar-refractivity contribution is -0.111. The van der Waals surface area contributed by atoms with Crippen LogP contribution in [0.2, 0.25) is 0 Å². The van der Waals surface area contributed by atoms with Crippen LogP contribution in [0.25, 0.3) is 22.3 Å². The fourth-order valence-corrected chi connectivity index (χ4v) is 6.16. The number of amides is 1. The Hall–Kier alpha value is -3.76. The summed E-state index contributed by atoms with van der Waals surface area (Å²) in [5.41, 5.74) is 2.64. The van der Waals surface area contributed by atoms with E-state index >= 15 is 0 Å². The Morgan fingerprint density at radius 1 is 1.11 bits per heavy atom. The van der Waals surface area contributed by atoms with Crippen molar-refractivity contribution in [3.63, 3.8) is 0 Å². The number of halogens is 1. The van der Waals surface area contributed by atoms with E-state index in [-0.39, 0.29) is 18.0 Å². The number of thiophene rings is 1. The summed E-state index contributed by atoms with van der Waals surface area (Å²) in [5, 5.41) is 9.35. The van der Waals surface area contributed by atoms with Crippen LogP contribution in [0.3, 0.4) is 0 Å². The van der Waals surface area contributed by atoms with Crippen LogP contribution in [0.15, 0.2) is 78.3 Å². The summed E-state index contributed by atoms with van der Waals surface area (Å²) in [6.07, 6.45) is 5.33. The Kier molecular flexibility index (Phi) is 6.23. The lowest BCUT2D eigenvalue weighted by Crippen LogP contribution is -2.26. The first-order chi connectivity index (χ1) is 16.9. The van der Waals surface area contributed by atoms with Crippen LogP contribution < -0.4 is 9.62 Å². The highest BCUT2D eigenvalue weighted by Crippen LogP contribution is 2.30. The zero-order valence-corrected chi connectivity index (χ0v) is 20.1. The quantitative estimate of drug-likeness (QED) is 0.374. The number of carbonyl (C=O) groups is 1. The molecule has 35 heavy (non-hydrogen) atoms. The molecule has 0 aliphatic carbocycles. The normalized spacial score (nSPS) is 15.1. The molecule has 0 saturated carbocycles. The van der Waals surface area contributed by atoms with Gasteiger partial charge in [0.05, 0.1) is 22.0 Å². The number of nitrogens with zero attached hydrogens (tertiary/aromatic N) is 3. The summed E-state index contributed by atoms with van der Waals surface area (Å²) in [5.74, 6) is -1.11. The zero-order chi connectivity index (χ0) is 24.4. The van der Waals surface area contributed by atoms with Gasteiger partial charge in [0.25, 0.3) is 0 Å². The van der Waals surface area contributed by atoms with Crippen LogP contribution in [0.5, 0.6) is 0 Å². The molecule has 1 N–H and O–H groups in total. The van der Waals surface area contributed by atoms with Crippen molar-refractivity contribution in [2.45, 2.75) is 6.42 Å². The average molecular weight is 509 g/mol. The molecule has 0 unspecified atom stereocenters. The van der Waals surface area contributed by atoms with E-state index in [1.165, 1.54) is 18.2 Å². The third-order valence-electron chi connectivity index (χ3n) is 5.51. The molecule has 0 bridgehead atoms. The highest BCUT2D eigenvalue weighted by atomic mass is 32.2. The van der Waals surface area contributed by atoms with Crippen molar-refractivity contribution in [3.8, 4) is 16.3 Å². The standard InChI is InChI=1S/C25H21FN4O3S2/c26-21-11-10-19(16-22(21)30-13-5-15-35(30,32)33)27-24(31)12-9-18-17-29(20-6-2-1-3-7-20)28-25(18)23-8-4-14-34-23/h1-4,6-12,14,16-17H,5,13,15H2,(H,27,31)/b12-9+. The van der Waals surface area contributed by atoms with E-state index in [0.717, 1.165) is 32.2 Å². The van der Waals surface area contributed by atoms with E-state index in [9.17, 15) is 17.6 Å². The molecule has 1 amide bonds. The van der Waals surface area contributed by atoms with Crippen LogP contribution in [0, 0.1) is 5.82 Å². The lowest BCUT2D eigenvalue weighted by Gasteiger charge is -2.18. The average Bonchev–Trinajstić information content (AvgIpc) is 3.59. The summed E-state index contributed by atoms with van der Waals surface area (Å²) in [6, 6.07) is 17.5. The van der Waals surface area contributed by atoms with Crippen LogP contribution in [0.4, 0.5) is 15.8 Å². The number of carbonyl (C=O) groups excluding carboxylic acids is 1. The largest absolute Gasteiger partial charge is 0.322 e. The van der Waals surface area contributed by atoms with Crippen molar-refractivity contribution in [1.29, 1.82) is 0 Å². The summed E-state index contributed by atoms with van der Waals surface area (Å²) in [6.45, 7) is 0.216. The monoisotopic (exact) mass is 508 g/mol. The van der Waals surface area contributed by atoms with Gasteiger partial charge in [0.2, 0.25) is 15.9 Å². The van der Waals surface area contributed by atoms with Gasteiger partial charge in [-0.2, -0.15) is 5.10 Å². The molecule has 0 atom stereocenters. The van der Waals surface area contributed by atoms with Crippen LogP contribution in [0.1, 0.15) is 12.0 Å². The number of hydrogen-bond acceptors (Lipinski definition) is 5. The number of nitrogens with one attached hydrogen (secondary N) is 1. The van der Waals surface area contributed by atoms with Gasteiger partial charge in [-0.3, -0.25) is 9.10 Å². The predicted molar refractivity (Wildman–Crippen MR) is 137 cm³/mol. The Morgan fingerprint density at radius 2 is 1.94 bits per heavy atom. The van der Waals surface area contributed by atoms with Gasteiger partial charge in [0, 0.05) is 30.1 Å². The second kappa shape index (κ2) is 9.47. The molecule has 5 rings (SSSR count). The van der Waals surface area contributed by atoms with Gasteiger partial charge in [-0.05, 0) is 54.3 Å². The fourth-order valence-electron chi connectivity index (χ4n) is 3.87. The minimum absolute atomic E-state index is 0.0188. The molecule has 1 aliphatic rings. The van der Waals surface area contributed by atoms with E-state index in [1.54, 1.807) is 22.1 Å². The molecular weight excluding hydrogens is 487 g/mol. The lowest BCUT2D eigenvalue weighted by atomic mass is 10.2. The third-order valence-corrected chi connectivity index (χ3v) is 8.25. The van der Waals surface area contributed by atoms with Gasteiger partial charge >= 0.3 is 0 Å². The second-order valence-corrected chi connectivity index (χ2v) is 10.9. The van der Waals surface area contributed by atoms with Crippen molar-refractivity contribution in [2.75, 3.05) is 21.9 Å². The molecule has 7 nitrogen and oxygen atoms in total. The van der Waals surface area contributed by atoms with Crippen molar-refractivity contribution >= 4 is 44.7 Å². The molecule has 1 saturated heterocycles. The molecule has 2 aromatic heterocycles. The van der Waals surface area contributed by atoms with Crippen molar-refractivity contribution < 1.29 is 17.6 Å². The number of sulfonamides is 1. The van der Waals surface area contributed by atoms with Crippen LogP contribution in [-0.4, -0.2) is 36.4 Å². The highest BCUT2D eigenvalue weighted by Gasteiger charge is 2.30. The summed E-state index contributed by atoms with van der Waals surface area (Å²) in [4.78, 5) is 13.6. The fraction of sp³-hybridized carbons (Fsp3) is 0.120. The molecule has 3 heterocycles. The Labute approximate surface area is 206 Å². The molecule has 0 radical (unpaired) electrons. The van der Waals surface area contributed by atoms with E-state index in [1.807, 2.05) is 54.0 Å². The molecular formula is C25H21FN4O3S2. The minimum atomic E-state index is -3.54. The number of aromatic nitrogens is 2. The van der Waals surface area contributed by atoms with E-state index < -0.39 is 21.7 Å². The Balaban J connectivity index is 1.39. The maximum atomic E-state index is 14.4. The van der Waals surface area contributed by atoms with Gasteiger partial charge in [0.15, 0.2) is 0 Å². The first-order valence-electron chi connectivity index (χ1n) is 10.9. The van der Waals surface area contributed by atoms with Crippen LogP contribution in [-0.2, 0) is 14.8 Å². The number of rotatable bonds is 6. The molecule has 10 heteroatoms. The van der Waals surface area contributed by atoms with E-state index in [2.05, 4.69) is 5.32 Å². The molecule has 0 spiro atoms. The van der Waals surface area contributed by atoms with Gasteiger partial charge < -0.3 is 5.32 Å². The van der Waals surface area contributed by atoms with Crippen LogP contribution >= 0.6 is 11.3 Å². The summed E-state index contributed by atoms with van der Waals surface area (Å²) >= 11 is 1.55. The summed E-state index contributed by atoms with van der Waals surface area (Å²) in [7, 11) is -3.54. The zero-order valence-electron chi connectivity index (χ0n) is 18.5. The van der Waals surface area contributed by atoms with E-state index in [0.29, 0.717) is 12.1 Å². The molecule has 1 fully saturated rings. The number of anilines is 2. The molecule has 4 aromatic rings. The Morgan fingerprint density at radius 3 is 2.66 bits per heavy atom. The van der Waals surface area contributed by atoms with Gasteiger partial charge in [-0.25, -0.2) is 17.5 Å². The van der Waals surface area contributed by atoms with E-state index in [4.69, 9.17) is 5.10 Å². The Bertz CT molecular complexity index is 1500. The predicted octanol–water partition coefficient (Wildman–Crippen LogP) is 4.93. The molecule has 1 aliphatic heterocycles. The first-order valence-corrected chi connectivity index (χ1v) is 13.4. The van der Waals surface area contributed by atoms with Crippen molar-refractivity contribution in [1.82, 2.24) is 9.78 Å². The second-order valence-electron chi connectivity index (χ2n) is 7.92. The van der Waals surface area contributed by atoms with Crippen molar-refractivity contribution in [3.05, 3.63) is 89.7 Å². The van der Waals surface area contributed by atoms with Gasteiger partial charge in [-0.1, -0.05) is 24.3 Å². The number of benzene rings is 2. The summed E-state index contributed by atoms with van der Waals surface area (Å²) < 4.78 is 41.6. The van der Waals surface area contributed by atoms with Crippen molar-refractivity contribution in [2.24, 2.45) is 0 Å². The number of hydrogen-bond donors (Lipinski definition) is 1. The van der Waals surface area contributed by atoms with Gasteiger partial charge in [-0.15, -0.1) is 11.3 Å². The minimum Gasteiger partial charge on any atom is -0.322 e.